The van der Waals surface area contributed by atoms with E-state index in [1.54, 1.807) is 17.0 Å². The van der Waals surface area contributed by atoms with Crippen LogP contribution in [0.5, 0.6) is 0 Å². The highest BCUT2D eigenvalue weighted by Crippen LogP contribution is 2.26. The first-order valence-corrected chi connectivity index (χ1v) is 11.9. The van der Waals surface area contributed by atoms with E-state index in [2.05, 4.69) is 5.32 Å². The SMILES string of the molecule is O=C(NCc1ccccc1)[C@@H](c1ccc(F)cc1)N(Cc1ccccc1)C(=O)Cc1cccs1. The van der Waals surface area contributed by atoms with Gasteiger partial charge in [-0.05, 0) is 40.3 Å². The lowest BCUT2D eigenvalue weighted by molar-refractivity contribution is -0.141. The van der Waals surface area contributed by atoms with Gasteiger partial charge >= 0.3 is 0 Å². The Labute approximate surface area is 202 Å². The summed E-state index contributed by atoms with van der Waals surface area (Å²) in [6, 6.07) is 27.8. The first-order valence-electron chi connectivity index (χ1n) is 11.0. The largest absolute Gasteiger partial charge is 0.350 e. The molecule has 6 heteroatoms. The van der Waals surface area contributed by atoms with E-state index in [9.17, 15) is 14.0 Å². The smallest absolute Gasteiger partial charge is 0.247 e. The van der Waals surface area contributed by atoms with Crippen molar-refractivity contribution in [3.8, 4) is 0 Å². The van der Waals surface area contributed by atoms with Crippen molar-refractivity contribution in [2.45, 2.75) is 25.6 Å². The first-order chi connectivity index (χ1) is 16.6. The number of hydrogen-bond donors (Lipinski definition) is 1. The van der Waals surface area contributed by atoms with Gasteiger partial charge in [0.25, 0.3) is 0 Å². The van der Waals surface area contributed by atoms with Gasteiger partial charge in [-0.3, -0.25) is 9.59 Å². The molecule has 0 radical (unpaired) electrons. The summed E-state index contributed by atoms with van der Waals surface area (Å²) in [6.45, 7) is 0.585. The van der Waals surface area contributed by atoms with E-state index in [0.29, 0.717) is 12.1 Å². The van der Waals surface area contributed by atoms with E-state index in [1.807, 2.05) is 78.2 Å². The van der Waals surface area contributed by atoms with Crippen LogP contribution in [0.25, 0.3) is 0 Å². The van der Waals surface area contributed by atoms with Crippen LogP contribution in [-0.2, 0) is 29.1 Å². The normalized spacial score (nSPS) is 11.6. The maximum absolute atomic E-state index is 13.7. The maximum Gasteiger partial charge on any atom is 0.247 e. The molecular formula is C28H25FN2O2S. The molecule has 0 spiro atoms. The summed E-state index contributed by atoms with van der Waals surface area (Å²) >= 11 is 1.50. The summed E-state index contributed by atoms with van der Waals surface area (Å²) in [7, 11) is 0. The van der Waals surface area contributed by atoms with E-state index >= 15 is 0 Å². The van der Waals surface area contributed by atoms with Crippen LogP contribution >= 0.6 is 11.3 Å². The van der Waals surface area contributed by atoms with E-state index in [0.717, 1.165) is 16.0 Å². The Morgan fingerprint density at radius 3 is 2.09 bits per heavy atom. The fraction of sp³-hybridized carbons (Fsp3) is 0.143. The van der Waals surface area contributed by atoms with Crippen LogP contribution in [-0.4, -0.2) is 16.7 Å². The third kappa shape index (κ3) is 6.17. The minimum absolute atomic E-state index is 0.171. The molecule has 3 aromatic carbocycles. The predicted octanol–water partition coefficient (Wildman–Crippen LogP) is 5.52. The lowest BCUT2D eigenvalue weighted by Gasteiger charge is -2.31. The Morgan fingerprint density at radius 2 is 1.47 bits per heavy atom. The lowest BCUT2D eigenvalue weighted by Crippen LogP contribution is -2.43. The molecule has 0 aliphatic heterocycles. The fourth-order valence-corrected chi connectivity index (χ4v) is 4.46. The second-order valence-electron chi connectivity index (χ2n) is 7.92. The molecule has 4 nitrogen and oxygen atoms in total. The minimum Gasteiger partial charge on any atom is -0.350 e. The molecule has 4 rings (SSSR count). The number of hydrogen-bond acceptors (Lipinski definition) is 3. The van der Waals surface area contributed by atoms with Crippen molar-refractivity contribution in [3.05, 3.63) is 130 Å². The maximum atomic E-state index is 13.7. The number of rotatable bonds is 9. The molecule has 2 amide bonds. The molecule has 0 unspecified atom stereocenters. The number of carbonyl (C=O) groups is 2. The van der Waals surface area contributed by atoms with Crippen LogP contribution in [0.15, 0.2) is 102 Å². The third-order valence-corrected chi connectivity index (χ3v) is 6.35. The molecule has 1 atom stereocenters. The molecule has 172 valence electrons. The molecule has 0 saturated heterocycles. The number of amides is 2. The van der Waals surface area contributed by atoms with Gasteiger partial charge in [-0.2, -0.15) is 0 Å². The molecule has 4 aromatic rings. The molecule has 1 N–H and O–H groups in total. The standard InChI is InChI=1S/C28H25FN2O2S/c29-24-15-13-23(14-16-24)27(28(33)30-19-21-8-3-1-4-9-21)31(20-22-10-5-2-6-11-22)26(32)18-25-12-7-17-34-25/h1-17,27H,18-20H2,(H,30,33)/t27-/m1/s1. The van der Waals surface area contributed by atoms with Gasteiger partial charge in [-0.25, -0.2) is 4.39 Å². The van der Waals surface area contributed by atoms with E-state index < -0.39 is 11.9 Å². The average Bonchev–Trinajstić information content (AvgIpc) is 3.38. The molecule has 1 heterocycles. The van der Waals surface area contributed by atoms with Crippen molar-refractivity contribution in [1.29, 1.82) is 0 Å². The summed E-state index contributed by atoms with van der Waals surface area (Å²) < 4.78 is 13.7. The van der Waals surface area contributed by atoms with Gasteiger partial charge in [0.2, 0.25) is 11.8 Å². The number of nitrogens with zero attached hydrogens (tertiary/aromatic N) is 1. The van der Waals surface area contributed by atoms with Crippen LogP contribution in [0.2, 0.25) is 0 Å². The van der Waals surface area contributed by atoms with E-state index in [-0.39, 0.29) is 24.8 Å². The van der Waals surface area contributed by atoms with Crippen LogP contribution in [0, 0.1) is 5.82 Å². The third-order valence-electron chi connectivity index (χ3n) is 5.48. The topological polar surface area (TPSA) is 49.4 Å². The Morgan fingerprint density at radius 1 is 0.824 bits per heavy atom. The van der Waals surface area contributed by atoms with Gasteiger partial charge < -0.3 is 10.2 Å². The zero-order valence-corrected chi connectivity index (χ0v) is 19.4. The zero-order valence-electron chi connectivity index (χ0n) is 18.6. The number of carbonyl (C=O) groups excluding carboxylic acids is 2. The van der Waals surface area contributed by atoms with Gasteiger partial charge in [0, 0.05) is 18.0 Å². The molecule has 0 aliphatic carbocycles. The highest BCUT2D eigenvalue weighted by molar-refractivity contribution is 7.10. The van der Waals surface area contributed by atoms with Gasteiger partial charge in [-0.15, -0.1) is 11.3 Å². The number of nitrogens with one attached hydrogen (secondary N) is 1. The van der Waals surface area contributed by atoms with Crippen molar-refractivity contribution < 1.29 is 14.0 Å². The highest BCUT2D eigenvalue weighted by Gasteiger charge is 2.31. The first kappa shape index (κ1) is 23.4. The van der Waals surface area contributed by atoms with Crippen LogP contribution in [0.1, 0.15) is 27.6 Å². The molecule has 1 aromatic heterocycles. The van der Waals surface area contributed by atoms with Crippen molar-refractivity contribution in [3.63, 3.8) is 0 Å². The molecule has 0 bridgehead atoms. The summed E-state index contributed by atoms with van der Waals surface area (Å²) in [5.41, 5.74) is 2.42. The average molecular weight is 473 g/mol. The minimum atomic E-state index is -0.906. The number of thiophene rings is 1. The van der Waals surface area contributed by atoms with Crippen molar-refractivity contribution in [2.75, 3.05) is 0 Å². The molecule has 34 heavy (non-hydrogen) atoms. The molecular weight excluding hydrogens is 447 g/mol. The molecule has 0 fully saturated rings. The Bertz CT molecular complexity index is 1200. The lowest BCUT2D eigenvalue weighted by atomic mass is 10.0. The summed E-state index contributed by atoms with van der Waals surface area (Å²) in [4.78, 5) is 29.6. The Hall–Kier alpha value is -3.77. The summed E-state index contributed by atoms with van der Waals surface area (Å²) in [5, 5.41) is 4.89. The summed E-state index contributed by atoms with van der Waals surface area (Å²) in [5.74, 6) is -0.881. The van der Waals surface area contributed by atoms with E-state index in [4.69, 9.17) is 0 Å². The van der Waals surface area contributed by atoms with Crippen LogP contribution < -0.4 is 5.32 Å². The number of halogens is 1. The zero-order chi connectivity index (χ0) is 23.8. The second kappa shape index (κ2) is 11.4. The molecule has 0 saturated carbocycles. The van der Waals surface area contributed by atoms with Gasteiger partial charge in [-0.1, -0.05) is 78.9 Å². The Balaban J connectivity index is 1.67. The van der Waals surface area contributed by atoms with Gasteiger partial charge in [0.15, 0.2) is 0 Å². The highest BCUT2D eigenvalue weighted by atomic mass is 32.1. The van der Waals surface area contributed by atoms with E-state index in [1.165, 1.54) is 23.5 Å². The van der Waals surface area contributed by atoms with Crippen LogP contribution in [0.3, 0.4) is 0 Å². The Kier molecular flexibility index (Phi) is 7.83. The van der Waals surface area contributed by atoms with Gasteiger partial charge in [0.1, 0.15) is 11.9 Å². The molecule has 0 aliphatic rings. The second-order valence-corrected chi connectivity index (χ2v) is 8.95. The van der Waals surface area contributed by atoms with Crippen molar-refractivity contribution in [2.24, 2.45) is 0 Å². The van der Waals surface area contributed by atoms with Crippen molar-refractivity contribution in [1.82, 2.24) is 10.2 Å². The van der Waals surface area contributed by atoms with Crippen molar-refractivity contribution >= 4 is 23.2 Å². The fourth-order valence-electron chi connectivity index (χ4n) is 3.77. The van der Waals surface area contributed by atoms with Crippen LogP contribution in [0.4, 0.5) is 4.39 Å². The summed E-state index contributed by atoms with van der Waals surface area (Å²) in [6.07, 6.45) is 0.189. The van der Waals surface area contributed by atoms with Gasteiger partial charge in [0.05, 0.1) is 6.42 Å². The quantitative estimate of drug-likeness (QED) is 0.349. The monoisotopic (exact) mass is 472 g/mol. The predicted molar refractivity (Wildman–Crippen MR) is 132 cm³/mol. The number of benzene rings is 3.